The minimum atomic E-state index is -0.793. The lowest BCUT2D eigenvalue weighted by Crippen LogP contribution is -2.10. The van der Waals surface area contributed by atoms with E-state index in [-0.39, 0.29) is 12.3 Å². The molecular formula is C15H20O5. The summed E-state index contributed by atoms with van der Waals surface area (Å²) in [6.45, 7) is 0. The number of hydrogen-bond acceptors (Lipinski definition) is 4. The molecule has 0 radical (unpaired) electrons. The van der Waals surface area contributed by atoms with Crippen molar-refractivity contribution in [2.75, 3.05) is 21.3 Å². The van der Waals surface area contributed by atoms with Gasteiger partial charge in [-0.1, -0.05) is 0 Å². The first-order valence-electron chi connectivity index (χ1n) is 6.62. The Hall–Kier alpha value is -1.91. The van der Waals surface area contributed by atoms with Crippen LogP contribution >= 0.6 is 0 Å². The van der Waals surface area contributed by atoms with Crippen LogP contribution in [0, 0.1) is 5.92 Å². The zero-order valence-electron chi connectivity index (χ0n) is 12.0. The summed E-state index contributed by atoms with van der Waals surface area (Å²) >= 11 is 0. The summed E-state index contributed by atoms with van der Waals surface area (Å²) < 4.78 is 16.0. The van der Waals surface area contributed by atoms with Gasteiger partial charge in [0.2, 0.25) is 0 Å². The van der Waals surface area contributed by atoms with E-state index in [9.17, 15) is 4.79 Å². The molecule has 0 aromatic heterocycles. The highest BCUT2D eigenvalue weighted by molar-refractivity contribution is 5.69. The van der Waals surface area contributed by atoms with Gasteiger partial charge in [-0.2, -0.15) is 0 Å². The molecule has 1 aromatic carbocycles. The predicted octanol–water partition coefficient (Wildman–Crippen LogP) is 2.68. The van der Waals surface area contributed by atoms with E-state index in [1.165, 1.54) is 0 Å². The maximum Gasteiger partial charge on any atom is 0.303 e. The molecule has 1 aromatic rings. The molecule has 0 saturated heterocycles. The van der Waals surface area contributed by atoms with Crippen molar-refractivity contribution in [3.05, 3.63) is 17.7 Å². The van der Waals surface area contributed by atoms with Gasteiger partial charge < -0.3 is 19.3 Å². The molecule has 110 valence electrons. The molecule has 1 atom stereocenters. The van der Waals surface area contributed by atoms with Gasteiger partial charge in [0, 0.05) is 17.5 Å². The Balaban J connectivity index is 2.43. The summed E-state index contributed by atoms with van der Waals surface area (Å²) in [5.74, 6) is 1.41. The van der Waals surface area contributed by atoms with Crippen LogP contribution in [0.1, 0.15) is 30.7 Å². The third-order valence-corrected chi connectivity index (χ3v) is 3.72. The second kappa shape index (κ2) is 6.03. The molecule has 5 nitrogen and oxygen atoms in total. The fourth-order valence-electron chi connectivity index (χ4n) is 2.56. The third-order valence-electron chi connectivity index (χ3n) is 3.72. The topological polar surface area (TPSA) is 65.0 Å². The van der Waals surface area contributed by atoms with E-state index in [0.717, 1.165) is 18.4 Å². The van der Waals surface area contributed by atoms with E-state index in [1.807, 2.05) is 6.07 Å². The van der Waals surface area contributed by atoms with Crippen LogP contribution in [0.3, 0.4) is 0 Å². The minimum Gasteiger partial charge on any atom is -0.496 e. The van der Waals surface area contributed by atoms with Gasteiger partial charge in [0.1, 0.15) is 5.75 Å². The second-order valence-electron chi connectivity index (χ2n) is 4.99. The maximum atomic E-state index is 11.1. The molecule has 5 heteroatoms. The molecule has 20 heavy (non-hydrogen) atoms. The Morgan fingerprint density at radius 1 is 1.15 bits per heavy atom. The van der Waals surface area contributed by atoms with Gasteiger partial charge >= 0.3 is 5.97 Å². The first kappa shape index (κ1) is 14.5. The smallest absolute Gasteiger partial charge is 0.303 e. The van der Waals surface area contributed by atoms with Crippen LogP contribution in [0.15, 0.2) is 12.1 Å². The van der Waals surface area contributed by atoms with Crippen LogP contribution < -0.4 is 14.2 Å². The van der Waals surface area contributed by atoms with Gasteiger partial charge in [0.15, 0.2) is 11.5 Å². The van der Waals surface area contributed by atoms with Crippen molar-refractivity contribution in [1.29, 1.82) is 0 Å². The van der Waals surface area contributed by atoms with E-state index in [2.05, 4.69) is 0 Å². The molecule has 1 fully saturated rings. The molecule has 0 amide bonds. The van der Waals surface area contributed by atoms with Crippen molar-refractivity contribution in [3.63, 3.8) is 0 Å². The van der Waals surface area contributed by atoms with Crippen LogP contribution in [0.5, 0.6) is 17.2 Å². The molecule has 1 saturated carbocycles. The number of rotatable bonds is 7. The normalized spacial score (nSPS) is 15.6. The van der Waals surface area contributed by atoms with Crippen molar-refractivity contribution in [2.24, 2.45) is 5.92 Å². The van der Waals surface area contributed by atoms with Crippen molar-refractivity contribution in [2.45, 2.75) is 25.2 Å². The van der Waals surface area contributed by atoms with E-state index in [0.29, 0.717) is 23.2 Å². The quantitative estimate of drug-likeness (QED) is 0.832. The predicted molar refractivity (Wildman–Crippen MR) is 73.8 cm³/mol. The van der Waals surface area contributed by atoms with Crippen molar-refractivity contribution in [1.82, 2.24) is 0 Å². The number of carbonyl (C=O) groups is 1. The second-order valence-corrected chi connectivity index (χ2v) is 4.99. The summed E-state index contributed by atoms with van der Waals surface area (Å²) in [5, 5.41) is 9.12. The standard InChI is InChI=1S/C15H20O5/c1-18-12-8-14(20-3)13(19-2)6-11(12)10(7-15(16)17)9-4-5-9/h6,8-10H,4-5,7H2,1-3H3,(H,16,17). The molecular weight excluding hydrogens is 260 g/mol. The number of hydrogen-bond donors (Lipinski definition) is 1. The number of carboxylic acid groups (broad SMARTS) is 1. The van der Waals surface area contributed by atoms with Crippen molar-refractivity contribution < 1.29 is 24.1 Å². The summed E-state index contributed by atoms with van der Waals surface area (Å²) in [7, 11) is 4.71. The number of aliphatic carboxylic acids is 1. The average Bonchev–Trinajstić information content (AvgIpc) is 3.27. The zero-order chi connectivity index (χ0) is 14.7. The van der Waals surface area contributed by atoms with E-state index >= 15 is 0 Å². The third kappa shape index (κ3) is 2.98. The Labute approximate surface area is 118 Å². The average molecular weight is 280 g/mol. The van der Waals surface area contributed by atoms with E-state index < -0.39 is 5.97 Å². The number of methoxy groups -OCH3 is 3. The Bertz CT molecular complexity index is 493. The molecule has 1 N–H and O–H groups in total. The van der Waals surface area contributed by atoms with E-state index in [4.69, 9.17) is 19.3 Å². The zero-order valence-corrected chi connectivity index (χ0v) is 12.0. The lowest BCUT2D eigenvalue weighted by atomic mass is 9.90. The first-order valence-corrected chi connectivity index (χ1v) is 6.62. The Morgan fingerprint density at radius 2 is 1.70 bits per heavy atom. The lowest BCUT2D eigenvalue weighted by Gasteiger charge is -2.20. The van der Waals surface area contributed by atoms with Gasteiger partial charge in [-0.05, 0) is 24.8 Å². The molecule has 1 aliphatic carbocycles. The highest BCUT2D eigenvalue weighted by Gasteiger charge is 2.36. The monoisotopic (exact) mass is 280 g/mol. The van der Waals surface area contributed by atoms with Gasteiger partial charge in [-0.3, -0.25) is 4.79 Å². The number of ether oxygens (including phenoxy) is 3. The summed E-state index contributed by atoms with van der Waals surface area (Å²) in [6.07, 6.45) is 2.24. The molecule has 0 spiro atoms. The molecule has 0 heterocycles. The maximum absolute atomic E-state index is 11.1. The first-order chi connectivity index (χ1) is 9.60. The Morgan fingerprint density at radius 3 is 2.15 bits per heavy atom. The number of carboxylic acids is 1. The molecule has 0 aliphatic heterocycles. The van der Waals surface area contributed by atoms with Gasteiger partial charge in [-0.25, -0.2) is 0 Å². The molecule has 1 unspecified atom stereocenters. The molecule has 2 rings (SSSR count). The summed E-state index contributed by atoms with van der Waals surface area (Å²) in [6, 6.07) is 3.59. The van der Waals surface area contributed by atoms with Gasteiger partial charge in [0.05, 0.1) is 27.8 Å². The Kier molecular flexibility index (Phi) is 4.37. The van der Waals surface area contributed by atoms with E-state index in [1.54, 1.807) is 27.4 Å². The number of benzene rings is 1. The fraction of sp³-hybridized carbons (Fsp3) is 0.533. The summed E-state index contributed by atoms with van der Waals surface area (Å²) in [5.41, 5.74) is 0.884. The summed E-state index contributed by atoms with van der Waals surface area (Å²) in [4.78, 5) is 11.1. The molecule has 1 aliphatic rings. The van der Waals surface area contributed by atoms with Crippen LogP contribution in [0.4, 0.5) is 0 Å². The fourth-order valence-corrected chi connectivity index (χ4v) is 2.56. The van der Waals surface area contributed by atoms with Crippen molar-refractivity contribution >= 4 is 5.97 Å². The van der Waals surface area contributed by atoms with Gasteiger partial charge in [-0.15, -0.1) is 0 Å². The minimum absolute atomic E-state index is 0.0396. The largest absolute Gasteiger partial charge is 0.496 e. The van der Waals surface area contributed by atoms with Crippen LogP contribution in [-0.4, -0.2) is 32.4 Å². The highest BCUT2D eigenvalue weighted by Crippen LogP contribution is 2.49. The van der Waals surface area contributed by atoms with Crippen LogP contribution in [0.2, 0.25) is 0 Å². The van der Waals surface area contributed by atoms with Crippen LogP contribution in [0.25, 0.3) is 0 Å². The lowest BCUT2D eigenvalue weighted by molar-refractivity contribution is -0.137. The van der Waals surface area contributed by atoms with Crippen LogP contribution in [-0.2, 0) is 4.79 Å². The van der Waals surface area contributed by atoms with Crippen molar-refractivity contribution in [3.8, 4) is 17.2 Å². The SMILES string of the molecule is COc1cc(OC)c(C(CC(=O)O)C2CC2)cc1OC. The van der Waals surface area contributed by atoms with Gasteiger partial charge in [0.25, 0.3) is 0 Å². The molecule has 0 bridgehead atoms. The highest BCUT2D eigenvalue weighted by atomic mass is 16.5.